The van der Waals surface area contributed by atoms with Crippen molar-refractivity contribution < 1.29 is 9.90 Å². The summed E-state index contributed by atoms with van der Waals surface area (Å²) in [6.45, 7) is 5.09. The van der Waals surface area contributed by atoms with E-state index in [2.05, 4.69) is 4.90 Å². The van der Waals surface area contributed by atoms with Crippen molar-refractivity contribution in [1.29, 1.82) is 0 Å². The first-order valence-corrected chi connectivity index (χ1v) is 4.78. The molecule has 2 atom stereocenters. The zero-order valence-electron chi connectivity index (χ0n) is 8.07. The third-order valence-electron chi connectivity index (χ3n) is 2.66. The van der Waals surface area contributed by atoms with Crippen LogP contribution in [0, 0.1) is 11.8 Å². The van der Waals surface area contributed by atoms with Gasteiger partial charge in [-0.25, -0.2) is 0 Å². The molecule has 1 saturated heterocycles. The summed E-state index contributed by atoms with van der Waals surface area (Å²) in [6, 6.07) is 0. The van der Waals surface area contributed by atoms with E-state index in [1.165, 1.54) is 0 Å². The molecule has 0 bridgehead atoms. The summed E-state index contributed by atoms with van der Waals surface area (Å²) in [5.74, 6) is -0.409. The molecule has 0 spiro atoms. The van der Waals surface area contributed by atoms with Crippen molar-refractivity contribution >= 4 is 5.97 Å². The standard InChI is InChI=1S/C9H18N2O2/c1-7(9(12)13)5-11-3-2-8(4-10)6-11/h7-8H,2-6,10H2,1H3,(H,12,13). The molecule has 0 aromatic rings. The molecule has 0 aromatic carbocycles. The summed E-state index contributed by atoms with van der Waals surface area (Å²) in [4.78, 5) is 12.8. The molecule has 1 rings (SSSR count). The van der Waals surface area contributed by atoms with E-state index < -0.39 is 5.97 Å². The number of hydrogen-bond donors (Lipinski definition) is 2. The highest BCUT2D eigenvalue weighted by molar-refractivity contribution is 5.69. The minimum atomic E-state index is -0.712. The second-order valence-electron chi connectivity index (χ2n) is 3.89. The zero-order chi connectivity index (χ0) is 9.84. The average molecular weight is 186 g/mol. The van der Waals surface area contributed by atoms with Crippen molar-refractivity contribution in [2.45, 2.75) is 13.3 Å². The molecule has 4 heteroatoms. The van der Waals surface area contributed by atoms with Crippen LogP contribution in [-0.2, 0) is 4.79 Å². The average Bonchev–Trinajstić information content (AvgIpc) is 2.52. The van der Waals surface area contributed by atoms with Crippen LogP contribution in [0.1, 0.15) is 13.3 Å². The maximum Gasteiger partial charge on any atom is 0.307 e. The summed E-state index contributed by atoms with van der Waals surface area (Å²) in [5, 5.41) is 8.71. The van der Waals surface area contributed by atoms with Gasteiger partial charge in [0.1, 0.15) is 0 Å². The molecule has 4 nitrogen and oxygen atoms in total. The normalized spacial score (nSPS) is 26.2. The fraction of sp³-hybridized carbons (Fsp3) is 0.889. The summed E-state index contributed by atoms with van der Waals surface area (Å²) in [5.41, 5.74) is 5.54. The molecule has 0 radical (unpaired) electrons. The van der Waals surface area contributed by atoms with Gasteiger partial charge >= 0.3 is 5.97 Å². The van der Waals surface area contributed by atoms with Crippen LogP contribution in [0.3, 0.4) is 0 Å². The SMILES string of the molecule is CC(CN1CCC(CN)C1)C(=O)O. The minimum Gasteiger partial charge on any atom is -0.481 e. The van der Waals surface area contributed by atoms with E-state index in [0.29, 0.717) is 12.5 Å². The van der Waals surface area contributed by atoms with Gasteiger partial charge in [-0.1, -0.05) is 6.92 Å². The fourth-order valence-electron chi connectivity index (χ4n) is 1.74. The number of rotatable bonds is 4. The van der Waals surface area contributed by atoms with Crippen LogP contribution in [0.4, 0.5) is 0 Å². The third-order valence-corrected chi connectivity index (χ3v) is 2.66. The lowest BCUT2D eigenvalue weighted by atomic mass is 10.1. The number of nitrogens with zero attached hydrogens (tertiary/aromatic N) is 1. The molecule has 0 amide bonds. The largest absolute Gasteiger partial charge is 0.481 e. The van der Waals surface area contributed by atoms with Crippen LogP contribution < -0.4 is 5.73 Å². The van der Waals surface area contributed by atoms with Crippen molar-refractivity contribution in [2.75, 3.05) is 26.2 Å². The predicted molar refractivity (Wildman–Crippen MR) is 50.4 cm³/mol. The van der Waals surface area contributed by atoms with Crippen molar-refractivity contribution in [3.63, 3.8) is 0 Å². The Balaban J connectivity index is 2.27. The molecular formula is C9H18N2O2. The van der Waals surface area contributed by atoms with Gasteiger partial charge < -0.3 is 15.7 Å². The first-order valence-electron chi connectivity index (χ1n) is 4.78. The highest BCUT2D eigenvalue weighted by Crippen LogP contribution is 2.15. The van der Waals surface area contributed by atoms with E-state index >= 15 is 0 Å². The molecular weight excluding hydrogens is 168 g/mol. The van der Waals surface area contributed by atoms with Gasteiger partial charge in [-0.2, -0.15) is 0 Å². The van der Waals surface area contributed by atoms with Crippen LogP contribution >= 0.6 is 0 Å². The summed E-state index contributed by atoms with van der Waals surface area (Å²) in [6.07, 6.45) is 1.11. The molecule has 0 aliphatic carbocycles. The Kier molecular flexibility index (Phi) is 3.69. The van der Waals surface area contributed by atoms with E-state index in [9.17, 15) is 4.79 Å². The van der Waals surface area contributed by atoms with Crippen LogP contribution in [0.15, 0.2) is 0 Å². The molecule has 1 aliphatic heterocycles. The lowest BCUT2D eigenvalue weighted by molar-refractivity contribution is -0.141. The molecule has 1 heterocycles. The summed E-state index contributed by atoms with van der Waals surface area (Å²) >= 11 is 0. The number of likely N-dealkylation sites (tertiary alicyclic amines) is 1. The maximum absolute atomic E-state index is 10.6. The van der Waals surface area contributed by atoms with E-state index in [1.807, 2.05) is 0 Å². The number of carboxylic acid groups (broad SMARTS) is 1. The maximum atomic E-state index is 10.6. The van der Waals surface area contributed by atoms with Gasteiger partial charge in [0.15, 0.2) is 0 Å². The second-order valence-corrected chi connectivity index (χ2v) is 3.89. The molecule has 2 unspecified atom stereocenters. The lowest BCUT2D eigenvalue weighted by Crippen LogP contribution is -2.30. The van der Waals surface area contributed by atoms with E-state index in [-0.39, 0.29) is 5.92 Å². The van der Waals surface area contributed by atoms with E-state index in [4.69, 9.17) is 10.8 Å². The highest BCUT2D eigenvalue weighted by atomic mass is 16.4. The van der Waals surface area contributed by atoms with E-state index in [1.54, 1.807) is 6.92 Å². The first-order chi connectivity index (χ1) is 6.13. The fourth-order valence-corrected chi connectivity index (χ4v) is 1.74. The molecule has 0 aromatic heterocycles. The quantitative estimate of drug-likeness (QED) is 0.648. The molecule has 76 valence electrons. The Morgan fingerprint density at radius 3 is 2.92 bits per heavy atom. The molecule has 3 N–H and O–H groups in total. The zero-order valence-corrected chi connectivity index (χ0v) is 8.07. The van der Waals surface area contributed by atoms with Gasteiger partial charge in [-0.15, -0.1) is 0 Å². The van der Waals surface area contributed by atoms with Crippen molar-refractivity contribution in [2.24, 2.45) is 17.6 Å². The van der Waals surface area contributed by atoms with Gasteiger partial charge in [0.25, 0.3) is 0 Å². The molecule has 1 aliphatic rings. The number of nitrogens with two attached hydrogens (primary N) is 1. The molecule has 13 heavy (non-hydrogen) atoms. The predicted octanol–water partition coefficient (Wildman–Crippen LogP) is -0.0123. The van der Waals surface area contributed by atoms with Gasteiger partial charge in [-0.3, -0.25) is 4.79 Å². The van der Waals surface area contributed by atoms with Crippen molar-refractivity contribution in [1.82, 2.24) is 4.90 Å². The third kappa shape index (κ3) is 2.97. The Morgan fingerprint density at radius 2 is 2.46 bits per heavy atom. The Bertz CT molecular complexity index is 184. The Labute approximate surface area is 78.7 Å². The van der Waals surface area contributed by atoms with Gasteiger partial charge in [0, 0.05) is 13.1 Å². The summed E-state index contributed by atoms with van der Waals surface area (Å²) in [7, 11) is 0. The number of carboxylic acids is 1. The van der Waals surface area contributed by atoms with Gasteiger partial charge in [-0.05, 0) is 25.4 Å². The van der Waals surface area contributed by atoms with Gasteiger partial charge in [0.2, 0.25) is 0 Å². The molecule has 0 saturated carbocycles. The topological polar surface area (TPSA) is 66.6 Å². The van der Waals surface area contributed by atoms with Gasteiger partial charge in [0.05, 0.1) is 5.92 Å². The smallest absolute Gasteiger partial charge is 0.307 e. The van der Waals surface area contributed by atoms with Crippen LogP contribution in [0.5, 0.6) is 0 Å². The van der Waals surface area contributed by atoms with Crippen LogP contribution in [-0.4, -0.2) is 42.2 Å². The number of aliphatic carboxylic acids is 1. The van der Waals surface area contributed by atoms with Crippen LogP contribution in [0.25, 0.3) is 0 Å². The van der Waals surface area contributed by atoms with E-state index in [0.717, 1.165) is 26.1 Å². The van der Waals surface area contributed by atoms with Crippen molar-refractivity contribution in [3.8, 4) is 0 Å². The second kappa shape index (κ2) is 4.58. The Morgan fingerprint density at radius 1 is 1.77 bits per heavy atom. The molecule has 1 fully saturated rings. The van der Waals surface area contributed by atoms with Crippen LogP contribution in [0.2, 0.25) is 0 Å². The highest BCUT2D eigenvalue weighted by Gasteiger charge is 2.24. The first kappa shape index (κ1) is 10.5. The summed E-state index contributed by atoms with van der Waals surface area (Å²) < 4.78 is 0. The Hall–Kier alpha value is -0.610. The van der Waals surface area contributed by atoms with Crippen molar-refractivity contribution in [3.05, 3.63) is 0 Å². The monoisotopic (exact) mass is 186 g/mol. The lowest BCUT2D eigenvalue weighted by Gasteiger charge is -2.17. The minimum absolute atomic E-state index is 0.267. The number of carbonyl (C=O) groups is 1. The number of hydrogen-bond acceptors (Lipinski definition) is 3.